The highest BCUT2D eigenvalue weighted by Gasteiger charge is 2.17. The first-order valence-electron chi connectivity index (χ1n) is 7.57. The molecule has 5 heteroatoms. The molecule has 0 atom stereocenters. The molecule has 0 saturated carbocycles. The first-order valence-corrected chi connectivity index (χ1v) is 8.32. The van der Waals surface area contributed by atoms with Gasteiger partial charge in [0.15, 0.2) is 0 Å². The Hall–Kier alpha value is -1.55. The Labute approximate surface area is 144 Å². The second-order valence-electron chi connectivity index (χ2n) is 5.49. The van der Waals surface area contributed by atoms with E-state index in [1.807, 2.05) is 18.2 Å². The first-order chi connectivity index (χ1) is 11.1. The van der Waals surface area contributed by atoms with Crippen LogP contribution in [-0.2, 0) is 6.42 Å². The van der Waals surface area contributed by atoms with Crippen LogP contribution in [0.2, 0.25) is 10.0 Å². The number of benzene rings is 2. The van der Waals surface area contributed by atoms with Gasteiger partial charge in [-0.25, -0.2) is 4.39 Å². The van der Waals surface area contributed by atoms with E-state index in [-0.39, 0.29) is 5.82 Å². The smallest absolute Gasteiger partial charge is 0.147 e. The summed E-state index contributed by atoms with van der Waals surface area (Å²) < 4.78 is 14.2. The van der Waals surface area contributed by atoms with Crippen LogP contribution in [0, 0.1) is 5.82 Å². The average Bonchev–Trinajstić information content (AvgIpc) is 2.91. The van der Waals surface area contributed by atoms with Crippen LogP contribution < -0.4 is 5.73 Å². The minimum Gasteiger partial charge on any atom is -0.352 e. The van der Waals surface area contributed by atoms with E-state index >= 15 is 0 Å². The number of aromatic nitrogens is 1. The fraction of sp³-hybridized carbons (Fsp3) is 0.222. The molecule has 23 heavy (non-hydrogen) atoms. The number of aromatic amines is 1. The molecule has 3 N–H and O–H groups in total. The molecular formula is C18H17Cl2FN2. The minimum atomic E-state index is -0.271. The highest BCUT2D eigenvalue weighted by atomic mass is 35.5. The summed E-state index contributed by atoms with van der Waals surface area (Å²) in [7, 11) is 0. The van der Waals surface area contributed by atoms with E-state index in [0.29, 0.717) is 22.1 Å². The third kappa shape index (κ3) is 3.09. The van der Waals surface area contributed by atoms with Crippen molar-refractivity contribution in [1.82, 2.24) is 4.98 Å². The molecule has 2 aromatic carbocycles. The molecule has 0 bridgehead atoms. The van der Waals surface area contributed by atoms with Gasteiger partial charge in [-0.2, -0.15) is 0 Å². The van der Waals surface area contributed by atoms with Gasteiger partial charge in [0, 0.05) is 10.9 Å². The lowest BCUT2D eigenvalue weighted by molar-refractivity contribution is 0.637. The van der Waals surface area contributed by atoms with E-state index in [4.69, 9.17) is 28.9 Å². The molecule has 0 amide bonds. The maximum Gasteiger partial charge on any atom is 0.147 e. The van der Waals surface area contributed by atoms with Gasteiger partial charge in [-0.15, -0.1) is 0 Å². The summed E-state index contributed by atoms with van der Waals surface area (Å²) in [5, 5.41) is 1.84. The van der Waals surface area contributed by atoms with Gasteiger partial charge in [-0.1, -0.05) is 47.5 Å². The molecule has 1 aromatic heterocycles. The van der Waals surface area contributed by atoms with E-state index in [9.17, 15) is 4.39 Å². The number of H-pyrrole nitrogens is 1. The highest BCUT2D eigenvalue weighted by Crippen LogP contribution is 2.38. The maximum atomic E-state index is 14.2. The number of fused-ring (bicyclic) bond motifs is 1. The molecule has 0 fully saturated rings. The monoisotopic (exact) mass is 350 g/mol. The number of aryl methyl sites for hydroxylation is 1. The molecule has 120 valence electrons. The van der Waals surface area contributed by atoms with Gasteiger partial charge in [0.2, 0.25) is 0 Å². The van der Waals surface area contributed by atoms with Crippen LogP contribution in [0.5, 0.6) is 0 Å². The van der Waals surface area contributed by atoms with Crippen LogP contribution in [0.15, 0.2) is 36.4 Å². The molecule has 1 heterocycles. The predicted octanol–water partition coefficient (Wildman–Crippen LogP) is 5.56. The topological polar surface area (TPSA) is 41.8 Å². The summed E-state index contributed by atoms with van der Waals surface area (Å²) in [4.78, 5) is 3.19. The van der Waals surface area contributed by atoms with Crippen molar-refractivity contribution in [3.63, 3.8) is 0 Å². The lowest BCUT2D eigenvalue weighted by Gasteiger charge is -2.08. The van der Waals surface area contributed by atoms with Crippen LogP contribution in [0.25, 0.3) is 22.2 Å². The molecule has 0 aliphatic rings. The summed E-state index contributed by atoms with van der Waals surface area (Å²) in [5.41, 5.74) is 8.76. The number of halogens is 3. The Morgan fingerprint density at radius 2 is 1.83 bits per heavy atom. The molecule has 0 spiro atoms. The van der Waals surface area contributed by atoms with Gasteiger partial charge < -0.3 is 10.7 Å². The maximum absolute atomic E-state index is 14.2. The fourth-order valence-electron chi connectivity index (χ4n) is 2.87. The van der Waals surface area contributed by atoms with Crippen molar-refractivity contribution in [1.29, 1.82) is 0 Å². The second kappa shape index (κ2) is 6.91. The summed E-state index contributed by atoms with van der Waals surface area (Å²) in [5.74, 6) is -0.271. The van der Waals surface area contributed by atoms with Gasteiger partial charge in [-0.05, 0) is 43.5 Å². The van der Waals surface area contributed by atoms with Gasteiger partial charge in [-0.3, -0.25) is 0 Å². The van der Waals surface area contributed by atoms with E-state index in [1.54, 1.807) is 12.1 Å². The number of hydrogen-bond donors (Lipinski definition) is 2. The van der Waals surface area contributed by atoms with Crippen molar-refractivity contribution in [3.8, 4) is 11.3 Å². The van der Waals surface area contributed by atoms with Crippen molar-refractivity contribution >= 4 is 34.1 Å². The number of para-hydroxylation sites is 1. The fourth-order valence-corrected chi connectivity index (χ4v) is 3.27. The zero-order chi connectivity index (χ0) is 16.4. The minimum absolute atomic E-state index is 0.271. The predicted molar refractivity (Wildman–Crippen MR) is 95.7 cm³/mol. The molecule has 0 unspecified atom stereocenters. The molecular weight excluding hydrogens is 334 g/mol. The van der Waals surface area contributed by atoms with Crippen LogP contribution in [0.1, 0.15) is 18.4 Å². The Balaban J connectivity index is 2.20. The number of unbranched alkanes of at least 4 members (excludes halogenated alkanes) is 1. The van der Waals surface area contributed by atoms with Gasteiger partial charge in [0.05, 0.1) is 21.3 Å². The van der Waals surface area contributed by atoms with Crippen LogP contribution in [-0.4, -0.2) is 11.5 Å². The first kappa shape index (κ1) is 16.3. The van der Waals surface area contributed by atoms with Gasteiger partial charge in [0.25, 0.3) is 0 Å². The Morgan fingerprint density at radius 3 is 2.61 bits per heavy atom. The van der Waals surface area contributed by atoms with Crippen molar-refractivity contribution in [2.24, 2.45) is 5.73 Å². The summed E-state index contributed by atoms with van der Waals surface area (Å²) in [6.45, 7) is 0.643. The van der Waals surface area contributed by atoms with Crippen molar-refractivity contribution in [2.75, 3.05) is 6.54 Å². The molecule has 0 aliphatic carbocycles. The third-order valence-corrected chi connectivity index (χ3v) is 4.81. The molecule has 0 radical (unpaired) electrons. The SMILES string of the molecule is NCCCCc1c(-c2cccc(Cl)c2Cl)[nH]c2c(F)cccc12. The van der Waals surface area contributed by atoms with Crippen LogP contribution in [0.3, 0.4) is 0 Å². The second-order valence-corrected chi connectivity index (χ2v) is 6.27. The Bertz CT molecular complexity index is 842. The Morgan fingerprint density at radius 1 is 1.04 bits per heavy atom. The normalized spacial score (nSPS) is 11.3. The van der Waals surface area contributed by atoms with E-state index in [1.165, 1.54) is 6.07 Å². The standard InChI is InChI=1S/C18H17Cl2FN2/c19-14-8-3-7-13(16(14)20)17-11(5-1-2-10-22)12-6-4-9-15(21)18(12)23-17/h3-4,6-9,23H,1-2,5,10,22H2. The van der Waals surface area contributed by atoms with Gasteiger partial charge in [0.1, 0.15) is 5.82 Å². The van der Waals surface area contributed by atoms with E-state index in [0.717, 1.165) is 41.5 Å². The zero-order valence-electron chi connectivity index (χ0n) is 12.5. The molecule has 0 saturated heterocycles. The average molecular weight is 351 g/mol. The molecule has 0 aliphatic heterocycles. The number of nitrogens with two attached hydrogens (primary N) is 1. The summed E-state index contributed by atoms with van der Waals surface area (Å²) in [6.07, 6.45) is 2.66. The number of rotatable bonds is 5. The van der Waals surface area contributed by atoms with Gasteiger partial charge >= 0.3 is 0 Å². The summed E-state index contributed by atoms with van der Waals surface area (Å²) >= 11 is 12.5. The molecule has 3 rings (SSSR count). The highest BCUT2D eigenvalue weighted by molar-refractivity contribution is 6.43. The van der Waals surface area contributed by atoms with Crippen molar-refractivity contribution in [2.45, 2.75) is 19.3 Å². The van der Waals surface area contributed by atoms with E-state index in [2.05, 4.69) is 4.98 Å². The lowest BCUT2D eigenvalue weighted by Crippen LogP contribution is -1.99. The van der Waals surface area contributed by atoms with Crippen LogP contribution >= 0.6 is 23.2 Å². The quantitative estimate of drug-likeness (QED) is 0.581. The lowest BCUT2D eigenvalue weighted by atomic mass is 10.00. The van der Waals surface area contributed by atoms with Crippen molar-refractivity contribution in [3.05, 3.63) is 57.8 Å². The zero-order valence-corrected chi connectivity index (χ0v) is 14.0. The van der Waals surface area contributed by atoms with Crippen LogP contribution in [0.4, 0.5) is 4.39 Å². The Kier molecular flexibility index (Phi) is 4.90. The van der Waals surface area contributed by atoms with Crippen molar-refractivity contribution < 1.29 is 4.39 Å². The molecule has 3 aromatic rings. The summed E-state index contributed by atoms with van der Waals surface area (Å²) in [6, 6.07) is 10.6. The number of hydrogen-bond acceptors (Lipinski definition) is 1. The molecule has 2 nitrogen and oxygen atoms in total. The third-order valence-electron chi connectivity index (χ3n) is 3.99. The van der Waals surface area contributed by atoms with E-state index < -0.39 is 0 Å². The largest absolute Gasteiger partial charge is 0.352 e. The number of nitrogens with one attached hydrogen (secondary N) is 1.